The van der Waals surface area contributed by atoms with E-state index in [9.17, 15) is 9.90 Å². The quantitative estimate of drug-likeness (QED) is 0.549. The van der Waals surface area contributed by atoms with Crippen LogP contribution in [0.25, 0.3) is 0 Å². The number of aliphatic hydroxyl groups excluding tert-OH is 1. The Labute approximate surface area is 102 Å². The fourth-order valence-corrected chi connectivity index (χ4v) is 3.09. The van der Waals surface area contributed by atoms with Crippen molar-refractivity contribution in [1.82, 2.24) is 10.6 Å². The molecule has 1 saturated carbocycles. The number of aliphatic hydroxyl groups is 1. The monoisotopic (exact) mass is 242 g/mol. The molecular formula is C12H22N2O3. The maximum absolute atomic E-state index is 10.9. The zero-order valence-corrected chi connectivity index (χ0v) is 10.2. The molecule has 98 valence electrons. The van der Waals surface area contributed by atoms with E-state index in [4.69, 9.17) is 5.11 Å². The predicted molar refractivity (Wildman–Crippen MR) is 63.9 cm³/mol. The molecule has 2 rings (SSSR count). The number of nitrogens with one attached hydrogen (secondary N) is 2. The van der Waals surface area contributed by atoms with Crippen molar-refractivity contribution in [2.24, 2.45) is 0 Å². The summed E-state index contributed by atoms with van der Waals surface area (Å²) in [5.41, 5.74) is -0.609. The largest absolute Gasteiger partial charge is 0.481 e. The molecule has 1 aliphatic carbocycles. The van der Waals surface area contributed by atoms with E-state index >= 15 is 0 Å². The normalized spacial score (nSPS) is 26.2. The second-order valence-corrected chi connectivity index (χ2v) is 5.58. The van der Waals surface area contributed by atoms with Gasteiger partial charge in [-0.05, 0) is 12.8 Å². The summed E-state index contributed by atoms with van der Waals surface area (Å²) in [6, 6.07) is 0. The van der Waals surface area contributed by atoms with Gasteiger partial charge in [0, 0.05) is 18.6 Å². The Balaban J connectivity index is 2.02. The van der Waals surface area contributed by atoms with Crippen LogP contribution in [-0.4, -0.2) is 47.0 Å². The topological polar surface area (TPSA) is 81.6 Å². The Morgan fingerprint density at radius 1 is 1.18 bits per heavy atom. The lowest BCUT2D eigenvalue weighted by atomic mass is 9.77. The lowest BCUT2D eigenvalue weighted by molar-refractivity contribution is -0.139. The molecule has 0 amide bonds. The summed E-state index contributed by atoms with van der Waals surface area (Å²) in [5.74, 6) is -0.775. The molecule has 0 aromatic rings. The highest BCUT2D eigenvalue weighted by molar-refractivity contribution is 5.69. The van der Waals surface area contributed by atoms with Crippen molar-refractivity contribution in [3.8, 4) is 0 Å². The highest BCUT2D eigenvalue weighted by atomic mass is 16.4. The number of carboxylic acids is 1. The van der Waals surface area contributed by atoms with Crippen LogP contribution < -0.4 is 10.6 Å². The standard InChI is InChI=1S/C12H22N2O3/c15-9-11(4-2-1-3-5-11)14-12(6-10(16)17)7-13-8-12/h13-15H,1-9H2,(H,16,17). The second kappa shape index (κ2) is 4.92. The molecule has 0 unspecified atom stereocenters. The summed E-state index contributed by atoms with van der Waals surface area (Å²) in [6.07, 6.45) is 5.47. The number of carboxylic acid groups (broad SMARTS) is 1. The Bertz CT molecular complexity index is 283. The predicted octanol–water partition coefficient (Wildman–Crippen LogP) is 0.0879. The van der Waals surface area contributed by atoms with Gasteiger partial charge in [0.1, 0.15) is 0 Å². The molecule has 0 aromatic heterocycles. The van der Waals surface area contributed by atoms with Crippen LogP contribution >= 0.6 is 0 Å². The third-order valence-corrected chi connectivity index (χ3v) is 4.06. The van der Waals surface area contributed by atoms with Crippen LogP contribution in [0.2, 0.25) is 0 Å². The SMILES string of the molecule is O=C(O)CC1(NC2(CO)CCCCC2)CNC1. The van der Waals surface area contributed by atoms with Crippen molar-refractivity contribution >= 4 is 5.97 Å². The van der Waals surface area contributed by atoms with Crippen LogP contribution in [0.3, 0.4) is 0 Å². The van der Waals surface area contributed by atoms with E-state index in [1.807, 2.05) is 0 Å². The lowest BCUT2D eigenvalue weighted by Gasteiger charge is -2.50. The van der Waals surface area contributed by atoms with Crippen molar-refractivity contribution in [2.75, 3.05) is 19.7 Å². The summed E-state index contributed by atoms with van der Waals surface area (Å²) in [4.78, 5) is 10.9. The van der Waals surface area contributed by atoms with Crippen LogP contribution in [-0.2, 0) is 4.79 Å². The van der Waals surface area contributed by atoms with Gasteiger partial charge < -0.3 is 20.8 Å². The van der Waals surface area contributed by atoms with Crippen LogP contribution in [0.15, 0.2) is 0 Å². The van der Waals surface area contributed by atoms with Gasteiger partial charge in [0.15, 0.2) is 0 Å². The zero-order valence-electron chi connectivity index (χ0n) is 10.2. The van der Waals surface area contributed by atoms with Gasteiger partial charge in [0.25, 0.3) is 0 Å². The molecule has 4 N–H and O–H groups in total. The van der Waals surface area contributed by atoms with Crippen molar-refractivity contribution in [1.29, 1.82) is 0 Å². The average molecular weight is 242 g/mol. The minimum Gasteiger partial charge on any atom is -0.481 e. The van der Waals surface area contributed by atoms with Crippen LogP contribution in [0.1, 0.15) is 38.5 Å². The molecule has 0 atom stereocenters. The smallest absolute Gasteiger partial charge is 0.305 e. The first-order valence-electron chi connectivity index (χ1n) is 6.43. The number of hydrogen-bond acceptors (Lipinski definition) is 4. The summed E-state index contributed by atoms with van der Waals surface area (Å²) >= 11 is 0. The highest BCUT2D eigenvalue weighted by Crippen LogP contribution is 2.31. The van der Waals surface area contributed by atoms with Gasteiger partial charge in [-0.25, -0.2) is 0 Å². The molecule has 1 aliphatic heterocycles. The fourth-order valence-electron chi connectivity index (χ4n) is 3.09. The lowest BCUT2D eigenvalue weighted by Crippen LogP contribution is -2.74. The summed E-state index contributed by atoms with van der Waals surface area (Å²) in [6.45, 7) is 1.47. The molecule has 5 nitrogen and oxygen atoms in total. The van der Waals surface area contributed by atoms with Crippen molar-refractivity contribution < 1.29 is 15.0 Å². The summed E-state index contributed by atoms with van der Waals surface area (Å²) in [5, 5.41) is 25.2. The summed E-state index contributed by atoms with van der Waals surface area (Å²) < 4.78 is 0. The van der Waals surface area contributed by atoms with E-state index in [2.05, 4.69) is 10.6 Å². The molecule has 2 aliphatic rings. The van der Waals surface area contributed by atoms with Gasteiger partial charge >= 0.3 is 5.97 Å². The van der Waals surface area contributed by atoms with Gasteiger partial charge in [0.2, 0.25) is 0 Å². The second-order valence-electron chi connectivity index (χ2n) is 5.58. The van der Waals surface area contributed by atoms with Crippen molar-refractivity contribution in [3.05, 3.63) is 0 Å². The Hall–Kier alpha value is -0.650. The van der Waals surface area contributed by atoms with E-state index in [0.29, 0.717) is 13.1 Å². The van der Waals surface area contributed by atoms with Crippen molar-refractivity contribution in [2.45, 2.75) is 49.6 Å². The molecule has 1 saturated heterocycles. The first-order chi connectivity index (χ1) is 8.10. The maximum atomic E-state index is 10.9. The molecule has 0 bridgehead atoms. The van der Waals surface area contributed by atoms with Crippen molar-refractivity contribution in [3.63, 3.8) is 0 Å². The van der Waals surface area contributed by atoms with Crippen LogP contribution in [0.4, 0.5) is 0 Å². The molecule has 1 heterocycles. The highest BCUT2D eigenvalue weighted by Gasteiger charge is 2.45. The molecule has 0 aromatic carbocycles. The molecule has 2 fully saturated rings. The fraction of sp³-hybridized carbons (Fsp3) is 0.917. The molecular weight excluding hydrogens is 220 g/mol. The molecule has 17 heavy (non-hydrogen) atoms. The molecule has 5 heteroatoms. The third-order valence-electron chi connectivity index (χ3n) is 4.06. The molecule has 0 radical (unpaired) electrons. The number of carbonyl (C=O) groups is 1. The number of hydrogen-bond donors (Lipinski definition) is 4. The minimum absolute atomic E-state index is 0.106. The van der Waals surface area contributed by atoms with Crippen LogP contribution in [0.5, 0.6) is 0 Å². The van der Waals surface area contributed by atoms with Gasteiger partial charge in [-0.2, -0.15) is 0 Å². The van der Waals surface area contributed by atoms with E-state index in [1.165, 1.54) is 6.42 Å². The summed E-state index contributed by atoms with van der Waals surface area (Å²) in [7, 11) is 0. The minimum atomic E-state index is -0.775. The van der Waals surface area contributed by atoms with Gasteiger partial charge in [0.05, 0.1) is 18.6 Å². The molecule has 0 spiro atoms. The first-order valence-corrected chi connectivity index (χ1v) is 6.43. The number of rotatable bonds is 5. The first kappa shape index (κ1) is 12.8. The number of aliphatic carboxylic acids is 1. The van der Waals surface area contributed by atoms with Gasteiger partial charge in [-0.1, -0.05) is 19.3 Å². The van der Waals surface area contributed by atoms with Gasteiger partial charge in [-0.3, -0.25) is 4.79 Å². The van der Waals surface area contributed by atoms with E-state index in [1.54, 1.807) is 0 Å². The Kier molecular flexibility index (Phi) is 3.70. The zero-order chi connectivity index (χ0) is 12.4. The van der Waals surface area contributed by atoms with Crippen LogP contribution in [0, 0.1) is 0 Å². The van der Waals surface area contributed by atoms with E-state index in [-0.39, 0.29) is 24.1 Å². The van der Waals surface area contributed by atoms with E-state index in [0.717, 1.165) is 25.7 Å². The van der Waals surface area contributed by atoms with E-state index < -0.39 is 5.97 Å². The maximum Gasteiger partial charge on any atom is 0.305 e. The van der Waals surface area contributed by atoms with Gasteiger partial charge in [-0.15, -0.1) is 0 Å². The average Bonchev–Trinajstić information content (AvgIpc) is 2.27. The Morgan fingerprint density at radius 2 is 1.82 bits per heavy atom. The third kappa shape index (κ3) is 2.78. The Morgan fingerprint density at radius 3 is 2.24 bits per heavy atom.